The topological polar surface area (TPSA) is 98.5 Å². The standard InChI is InChI=1S/C17H19N3O4S/c18-11-13-1-3-14(4-2-13)16(21)19-6-8-20(9-7-19)17(22)15-5-10-25(23,24)12-15/h1-4,15H,5-10,12H2/t15-/m1/s1. The molecular weight excluding hydrogens is 342 g/mol. The summed E-state index contributed by atoms with van der Waals surface area (Å²) in [5.41, 5.74) is 1.01. The molecule has 2 fully saturated rings. The van der Waals surface area contributed by atoms with E-state index in [2.05, 4.69) is 0 Å². The molecule has 2 amide bonds. The Bertz CT molecular complexity index is 818. The second kappa shape index (κ2) is 6.84. The van der Waals surface area contributed by atoms with Gasteiger partial charge >= 0.3 is 0 Å². The molecule has 1 aromatic carbocycles. The van der Waals surface area contributed by atoms with Gasteiger partial charge in [-0.2, -0.15) is 5.26 Å². The van der Waals surface area contributed by atoms with Gasteiger partial charge in [0.05, 0.1) is 29.1 Å². The Labute approximate surface area is 146 Å². The monoisotopic (exact) mass is 361 g/mol. The number of carbonyl (C=O) groups excluding carboxylic acids is 2. The van der Waals surface area contributed by atoms with E-state index in [0.717, 1.165) is 0 Å². The van der Waals surface area contributed by atoms with Gasteiger partial charge in [0.25, 0.3) is 5.91 Å². The summed E-state index contributed by atoms with van der Waals surface area (Å²) in [4.78, 5) is 28.2. The van der Waals surface area contributed by atoms with E-state index < -0.39 is 15.8 Å². The summed E-state index contributed by atoms with van der Waals surface area (Å²) >= 11 is 0. The summed E-state index contributed by atoms with van der Waals surface area (Å²) in [6, 6.07) is 8.47. The number of nitrogens with zero attached hydrogens (tertiary/aromatic N) is 3. The lowest BCUT2D eigenvalue weighted by Gasteiger charge is -2.35. The smallest absolute Gasteiger partial charge is 0.253 e. The zero-order valence-corrected chi connectivity index (χ0v) is 14.5. The highest BCUT2D eigenvalue weighted by atomic mass is 32.2. The predicted molar refractivity (Wildman–Crippen MR) is 90.4 cm³/mol. The van der Waals surface area contributed by atoms with Gasteiger partial charge in [-0.15, -0.1) is 0 Å². The van der Waals surface area contributed by atoms with Crippen molar-refractivity contribution in [2.75, 3.05) is 37.7 Å². The molecule has 0 unspecified atom stereocenters. The quantitative estimate of drug-likeness (QED) is 0.753. The average molecular weight is 361 g/mol. The molecule has 7 nitrogen and oxygen atoms in total. The van der Waals surface area contributed by atoms with Crippen LogP contribution in [-0.2, 0) is 14.6 Å². The minimum atomic E-state index is -3.08. The average Bonchev–Trinajstić information content (AvgIpc) is 3.00. The first kappa shape index (κ1) is 17.4. The molecule has 2 saturated heterocycles. The minimum absolute atomic E-state index is 0.0593. The Morgan fingerprint density at radius 1 is 1.04 bits per heavy atom. The fourth-order valence-electron chi connectivity index (χ4n) is 3.25. The van der Waals surface area contributed by atoms with E-state index in [9.17, 15) is 18.0 Å². The van der Waals surface area contributed by atoms with Crippen molar-refractivity contribution in [1.29, 1.82) is 5.26 Å². The number of hydrogen-bond acceptors (Lipinski definition) is 5. The second-order valence-electron chi connectivity index (χ2n) is 6.41. The number of carbonyl (C=O) groups is 2. The summed E-state index contributed by atoms with van der Waals surface area (Å²) < 4.78 is 23.1. The van der Waals surface area contributed by atoms with E-state index in [0.29, 0.717) is 43.7 Å². The van der Waals surface area contributed by atoms with Crippen molar-refractivity contribution in [3.63, 3.8) is 0 Å². The summed E-state index contributed by atoms with van der Waals surface area (Å²) in [6.07, 6.45) is 0.394. The zero-order valence-electron chi connectivity index (χ0n) is 13.7. The first-order valence-corrected chi connectivity index (χ1v) is 10.0. The van der Waals surface area contributed by atoms with Crippen LogP contribution in [0.15, 0.2) is 24.3 Å². The van der Waals surface area contributed by atoms with Crippen LogP contribution < -0.4 is 0 Å². The molecular formula is C17H19N3O4S. The lowest BCUT2D eigenvalue weighted by molar-refractivity contribution is -0.136. The molecule has 0 spiro atoms. The Hall–Kier alpha value is -2.40. The molecule has 1 atom stereocenters. The van der Waals surface area contributed by atoms with Crippen LogP contribution in [0.5, 0.6) is 0 Å². The highest BCUT2D eigenvalue weighted by molar-refractivity contribution is 7.91. The Balaban J connectivity index is 1.57. The zero-order chi connectivity index (χ0) is 18.0. The molecule has 2 heterocycles. The van der Waals surface area contributed by atoms with Gasteiger partial charge < -0.3 is 9.80 Å². The number of hydrogen-bond donors (Lipinski definition) is 0. The van der Waals surface area contributed by atoms with Gasteiger partial charge in [-0.25, -0.2) is 8.42 Å². The summed E-state index contributed by atoms with van der Waals surface area (Å²) in [5, 5.41) is 8.80. The number of benzene rings is 1. The van der Waals surface area contributed by atoms with Crippen LogP contribution >= 0.6 is 0 Å². The van der Waals surface area contributed by atoms with Crippen molar-refractivity contribution < 1.29 is 18.0 Å². The third-order valence-electron chi connectivity index (χ3n) is 4.72. The third kappa shape index (κ3) is 3.82. The lowest BCUT2D eigenvalue weighted by Crippen LogP contribution is -2.52. The number of amides is 2. The summed E-state index contributed by atoms with van der Waals surface area (Å²) in [6.45, 7) is 1.67. The van der Waals surface area contributed by atoms with Crippen LogP contribution in [0.25, 0.3) is 0 Å². The maximum atomic E-state index is 12.5. The van der Waals surface area contributed by atoms with Crippen LogP contribution in [0.4, 0.5) is 0 Å². The Morgan fingerprint density at radius 2 is 1.64 bits per heavy atom. The number of nitriles is 1. The van der Waals surface area contributed by atoms with Crippen molar-refractivity contribution in [3.8, 4) is 6.07 Å². The predicted octanol–water partition coefficient (Wildman–Crippen LogP) is 0.277. The van der Waals surface area contributed by atoms with E-state index in [1.54, 1.807) is 34.1 Å². The maximum Gasteiger partial charge on any atom is 0.253 e. The number of piperazine rings is 1. The highest BCUT2D eigenvalue weighted by Gasteiger charge is 2.36. The highest BCUT2D eigenvalue weighted by Crippen LogP contribution is 2.21. The molecule has 25 heavy (non-hydrogen) atoms. The van der Waals surface area contributed by atoms with Crippen LogP contribution in [0.2, 0.25) is 0 Å². The Kier molecular flexibility index (Phi) is 4.77. The normalized spacial score (nSPS) is 22.4. The molecule has 1 aromatic rings. The molecule has 3 rings (SSSR count). The molecule has 0 radical (unpaired) electrons. The van der Waals surface area contributed by atoms with E-state index in [4.69, 9.17) is 5.26 Å². The van der Waals surface area contributed by atoms with Crippen molar-refractivity contribution in [3.05, 3.63) is 35.4 Å². The van der Waals surface area contributed by atoms with Gasteiger partial charge in [0.2, 0.25) is 5.91 Å². The molecule has 0 aliphatic carbocycles. The largest absolute Gasteiger partial charge is 0.339 e. The molecule has 0 aromatic heterocycles. The first-order chi connectivity index (χ1) is 11.9. The van der Waals surface area contributed by atoms with Crippen molar-refractivity contribution in [2.24, 2.45) is 5.92 Å². The van der Waals surface area contributed by atoms with Gasteiger partial charge in [-0.05, 0) is 30.7 Å². The lowest BCUT2D eigenvalue weighted by atomic mass is 10.1. The van der Waals surface area contributed by atoms with E-state index in [1.165, 1.54) is 0 Å². The van der Waals surface area contributed by atoms with Gasteiger partial charge in [0.15, 0.2) is 9.84 Å². The maximum absolute atomic E-state index is 12.5. The fourth-order valence-corrected chi connectivity index (χ4v) is 4.98. The van der Waals surface area contributed by atoms with Crippen molar-refractivity contribution in [1.82, 2.24) is 9.80 Å². The molecule has 0 bridgehead atoms. The third-order valence-corrected chi connectivity index (χ3v) is 6.49. The van der Waals surface area contributed by atoms with Crippen LogP contribution in [0.3, 0.4) is 0 Å². The molecule has 132 valence electrons. The van der Waals surface area contributed by atoms with E-state index in [1.807, 2.05) is 6.07 Å². The summed E-state index contributed by atoms with van der Waals surface area (Å²) in [5.74, 6) is -0.658. The molecule has 2 aliphatic heterocycles. The van der Waals surface area contributed by atoms with Crippen LogP contribution in [0, 0.1) is 17.2 Å². The van der Waals surface area contributed by atoms with E-state index in [-0.39, 0.29) is 23.3 Å². The van der Waals surface area contributed by atoms with Gasteiger partial charge in [0.1, 0.15) is 0 Å². The second-order valence-corrected chi connectivity index (χ2v) is 8.64. The Morgan fingerprint density at radius 3 is 2.16 bits per heavy atom. The van der Waals surface area contributed by atoms with Crippen molar-refractivity contribution in [2.45, 2.75) is 6.42 Å². The number of rotatable bonds is 2. The van der Waals surface area contributed by atoms with Gasteiger partial charge in [-0.1, -0.05) is 0 Å². The van der Waals surface area contributed by atoms with Gasteiger partial charge in [0, 0.05) is 31.7 Å². The minimum Gasteiger partial charge on any atom is -0.339 e. The van der Waals surface area contributed by atoms with Gasteiger partial charge in [-0.3, -0.25) is 9.59 Å². The molecule has 8 heteroatoms. The molecule has 0 saturated carbocycles. The fraction of sp³-hybridized carbons (Fsp3) is 0.471. The van der Waals surface area contributed by atoms with E-state index >= 15 is 0 Å². The number of sulfone groups is 1. The first-order valence-electron chi connectivity index (χ1n) is 8.18. The summed E-state index contributed by atoms with van der Waals surface area (Å²) in [7, 11) is -3.08. The SMILES string of the molecule is N#Cc1ccc(C(=O)N2CCN(C(=O)[C@@H]3CCS(=O)(=O)C3)CC2)cc1. The van der Waals surface area contributed by atoms with Crippen LogP contribution in [-0.4, -0.2) is 67.7 Å². The van der Waals surface area contributed by atoms with Crippen LogP contribution in [0.1, 0.15) is 22.3 Å². The molecule has 2 aliphatic rings. The van der Waals surface area contributed by atoms with Crippen molar-refractivity contribution >= 4 is 21.7 Å². The molecule has 0 N–H and O–H groups in total.